The molecule has 0 heterocycles. The van der Waals surface area contributed by atoms with Gasteiger partial charge in [-0.05, 0) is 51.4 Å². The Bertz CT molecular complexity index is 1280. The van der Waals surface area contributed by atoms with Crippen LogP contribution in [-0.4, -0.2) is 59.9 Å². The fourth-order valence-corrected chi connectivity index (χ4v) is 8.07. The van der Waals surface area contributed by atoms with Crippen molar-refractivity contribution in [2.75, 3.05) is 19.8 Å². The van der Waals surface area contributed by atoms with Crippen LogP contribution in [0.2, 0.25) is 0 Å². The Morgan fingerprint density at radius 1 is 0.492 bits per heavy atom. The molecule has 0 spiro atoms. The summed E-state index contributed by atoms with van der Waals surface area (Å²) in [4.78, 5) is 46.2. The third-order valence-corrected chi connectivity index (χ3v) is 12.3. The number of hydrogen-bond acceptors (Lipinski definition) is 9. The number of carboxylic acids is 1. The smallest absolute Gasteiger partial charge is 0.472 e. The van der Waals surface area contributed by atoms with E-state index in [2.05, 4.69) is 67.0 Å². The van der Waals surface area contributed by atoms with Crippen LogP contribution in [0.4, 0.5) is 0 Å². The van der Waals surface area contributed by atoms with Crippen LogP contribution in [0, 0.1) is 0 Å². The number of carbonyl (C=O) groups excluding carboxylic acids is 2. The zero-order chi connectivity index (χ0) is 47.7. The van der Waals surface area contributed by atoms with E-state index in [-0.39, 0.29) is 19.4 Å². The molecule has 0 bridgehead atoms. The number of unbranched alkanes of at least 4 members (excludes halogenated alkanes) is 27. The second kappa shape index (κ2) is 47.9. The lowest BCUT2D eigenvalue weighted by Gasteiger charge is -2.20. The predicted octanol–water partition coefficient (Wildman–Crippen LogP) is 14.9. The van der Waals surface area contributed by atoms with E-state index in [9.17, 15) is 23.8 Å². The van der Waals surface area contributed by atoms with Crippen molar-refractivity contribution in [3.8, 4) is 0 Å². The third-order valence-electron chi connectivity index (χ3n) is 11.3. The fourth-order valence-electron chi connectivity index (χ4n) is 7.29. The third kappa shape index (κ3) is 47.7. The average molecular weight is 938 g/mol. The van der Waals surface area contributed by atoms with E-state index < -0.39 is 51.1 Å². The number of phosphoric acid groups is 1. The van der Waals surface area contributed by atoms with Gasteiger partial charge in [0, 0.05) is 12.8 Å². The largest absolute Gasteiger partial charge is 0.480 e. The molecule has 4 N–H and O–H groups in total. The number of phosphoric ester groups is 1. The highest BCUT2D eigenvalue weighted by atomic mass is 31.2. The molecule has 0 aliphatic carbocycles. The van der Waals surface area contributed by atoms with Crippen molar-refractivity contribution in [3.05, 3.63) is 48.6 Å². The van der Waals surface area contributed by atoms with Crippen LogP contribution in [-0.2, 0) is 37.5 Å². The molecule has 0 rings (SSSR count). The van der Waals surface area contributed by atoms with Crippen molar-refractivity contribution in [2.24, 2.45) is 5.73 Å². The van der Waals surface area contributed by atoms with Crippen LogP contribution in [0.15, 0.2) is 48.6 Å². The van der Waals surface area contributed by atoms with E-state index in [4.69, 9.17) is 24.8 Å². The highest BCUT2D eigenvalue weighted by Gasteiger charge is 2.28. The van der Waals surface area contributed by atoms with Crippen LogP contribution in [0.3, 0.4) is 0 Å². The SMILES string of the molecule is CC/C=C\C/C=C\C/C=C\C/C=C\CCCCCCC(=O)OC(COC(=O)CCCCCCCCCCCCCCCCCCCCCCCCCC)COP(=O)(O)OCC(N)C(=O)O. The summed E-state index contributed by atoms with van der Waals surface area (Å²) in [6.45, 7) is 2.70. The average Bonchev–Trinajstić information content (AvgIpc) is 3.28. The molecule has 0 aliphatic heterocycles. The Balaban J connectivity index is 4.20. The summed E-state index contributed by atoms with van der Waals surface area (Å²) in [5, 5.41) is 8.92. The first-order chi connectivity index (χ1) is 31.6. The minimum absolute atomic E-state index is 0.134. The summed E-state index contributed by atoms with van der Waals surface area (Å²) >= 11 is 0. The number of ether oxygens (including phenoxy) is 2. The lowest BCUT2D eigenvalue weighted by atomic mass is 10.0. The van der Waals surface area contributed by atoms with Gasteiger partial charge in [-0.2, -0.15) is 0 Å². The van der Waals surface area contributed by atoms with Gasteiger partial charge in [0.15, 0.2) is 6.10 Å². The number of aliphatic carboxylic acids is 1. The molecule has 12 heteroatoms. The molecule has 0 amide bonds. The number of rotatable bonds is 49. The Morgan fingerprint density at radius 2 is 0.862 bits per heavy atom. The van der Waals surface area contributed by atoms with Crippen LogP contribution in [0.1, 0.15) is 239 Å². The lowest BCUT2D eigenvalue weighted by molar-refractivity contribution is -0.161. The van der Waals surface area contributed by atoms with Crippen LogP contribution >= 0.6 is 7.82 Å². The van der Waals surface area contributed by atoms with Gasteiger partial charge >= 0.3 is 25.7 Å². The number of nitrogens with two attached hydrogens (primary N) is 1. The van der Waals surface area contributed by atoms with Crippen molar-refractivity contribution in [3.63, 3.8) is 0 Å². The zero-order valence-corrected chi connectivity index (χ0v) is 42.2. The number of allylic oxidation sites excluding steroid dienone is 8. The van der Waals surface area contributed by atoms with Crippen molar-refractivity contribution in [2.45, 2.75) is 251 Å². The van der Waals surface area contributed by atoms with E-state index in [0.29, 0.717) is 12.8 Å². The van der Waals surface area contributed by atoms with E-state index in [0.717, 1.165) is 70.6 Å². The van der Waals surface area contributed by atoms with E-state index in [1.165, 1.54) is 128 Å². The van der Waals surface area contributed by atoms with Crippen molar-refractivity contribution in [1.82, 2.24) is 0 Å². The minimum atomic E-state index is -4.73. The van der Waals surface area contributed by atoms with Crippen LogP contribution in [0.5, 0.6) is 0 Å². The van der Waals surface area contributed by atoms with Gasteiger partial charge in [0.1, 0.15) is 12.6 Å². The van der Waals surface area contributed by atoms with Crippen LogP contribution in [0.25, 0.3) is 0 Å². The standard InChI is InChI=1S/C53H96NO10P/c1-3-5-7-9-11-13-15-17-19-21-22-23-24-25-26-27-29-30-32-34-36-38-40-42-44-51(55)61-46-49(47-62-65(59,60)63-48-50(54)53(57)58)64-52(56)45-43-41-39-37-35-33-31-28-20-18-16-14-12-10-8-6-4-2/h6,8,12,14,18,20,31,33,49-50H,3-5,7,9-11,13,15-17,19,21-30,32,34-48,54H2,1-2H3,(H,57,58)(H,59,60)/b8-6-,14-12-,20-18-,33-31-. The zero-order valence-electron chi connectivity index (χ0n) is 41.3. The highest BCUT2D eigenvalue weighted by Crippen LogP contribution is 2.43. The molecular weight excluding hydrogens is 842 g/mol. The molecule has 0 aromatic carbocycles. The Hall–Kier alpha value is -2.56. The Kier molecular flexibility index (Phi) is 46.0. The molecule has 0 aromatic rings. The topological polar surface area (TPSA) is 172 Å². The summed E-state index contributed by atoms with van der Waals surface area (Å²) in [5.41, 5.74) is 5.35. The van der Waals surface area contributed by atoms with Gasteiger partial charge in [-0.15, -0.1) is 0 Å². The first kappa shape index (κ1) is 62.4. The molecule has 11 nitrogen and oxygen atoms in total. The van der Waals surface area contributed by atoms with Gasteiger partial charge < -0.3 is 25.2 Å². The van der Waals surface area contributed by atoms with Crippen molar-refractivity contribution >= 4 is 25.7 Å². The number of carbonyl (C=O) groups is 3. The molecule has 0 saturated carbocycles. The Morgan fingerprint density at radius 3 is 1.29 bits per heavy atom. The van der Waals surface area contributed by atoms with Crippen LogP contribution < -0.4 is 5.73 Å². The molecule has 3 atom stereocenters. The van der Waals surface area contributed by atoms with Gasteiger partial charge in [-0.1, -0.05) is 223 Å². The summed E-state index contributed by atoms with van der Waals surface area (Å²) in [7, 11) is -4.73. The number of carboxylic acid groups (broad SMARTS) is 1. The molecule has 3 unspecified atom stereocenters. The van der Waals surface area contributed by atoms with Crippen molar-refractivity contribution < 1.29 is 47.5 Å². The summed E-state index contributed by atoms with van der Waals surface area (Å²) in [6.07, 6.45) is 56.1. The first-order valence-electron chi connectivity index (χ1n) is 26.2. The maximum Gasteiger partial charge on any atom is 0.472 e. The Labute approximate surface area is 396 Å². The fraction of sp³-hybridized carbons (Fsp3) is 0.792. The molecule has 0 aromatic heterocycles. The molecule has 0 fully saturated rings. The molecule has 0 radical (unpaired) electrons. The van der Waals surface area contributed by atoms with E-state index >= 15 is 0 Å². The first-order valence-corrected chi connectivity index (χ1v) is 27.7. The normalized spacial score (nSPS) is 13.9. The molecule has 65 heavy (non-hydrogen) atoms. The van der Waals surface area contributed by atoms with Gasteiger partial charge in [0.25, 0.3) is 0 Å². The summed E-state index contributed by atoms with van der Waals surface area (Å²) in [5.74, 6) is -2.40. The number of hydrogen-bond donors (Lipinski definition) is 3. The van der Waals surface area contributed by atoms with Gasteiger partial charge in [-0.3, -0.25) is 23.4 Å². The quantitative estimate of drug-likeness (QED) is 0.0229. The second-order valence-corrected chi connectivity index (χ2v) is 19.1. The molecule has 378 valence electrons. The maximum atomic E-state index is 12.7. The highest BCUT2D eigenvalue weighted by molar-refractivity contribution is 7.47. The van der Waals surface area contributed by atoms with Crippen molar-refractivity contribution in [1.29, 1.82) is 0 Å². The second-order valence-electron chi connectivity index (χ2n) is 17.6. The molecule has 0 aliphatic rings. The lowest BCUT2D eigenvalue weighted by Crippen LogP contribution is -2.34. The molecular formula is C53H96NO10P. The molecule has 0 saturated heterocycles. The number of esters is 2. The predicted molar refractivity (Wildman–Crippen MR) is 268 cm³/mol. The van der Waals surface area contributed by atoms with Gasteiger partial charge in [0.05, 0.1) is 13.2 Å². The van der Waals surface area contributed by atoms with E-state index in [1.54, 1.807) is 0 Å². The monoisotopic (exact) mass is 938 g/mol. The maximum absolute atomic E-state index is 12.7. The van der Waals surface area contributed by atoms with Gasteiger partial charge in [0.2, 0.25) is 0 Å². The minimum Gasteiger partial charge on any atom is -0.480 e. The summed E-state index contributed by atoms with van der Waals surface area (Å²) in [6, 6.07) is -1.53. The van der Waals surface area contributed by atoms with Gasteiger partial charge in [-0.25, -0.2) is 4.57 Å². The summed E-state index contributed by atoms with van der Waals surface area (Å²) < 4.78 is 32.8. The van der Waals surface area contributed by atoms with E-state index in [1.807, 2.05) is 0 Å².